The second-order valence-corrected chi connectivity index (χ2v) is 4.48. The Morgan fingerprint density at radius 1 is 1.41 bits per heavy atom. The van der Waals surface area contributed by atoms with Gasteiger partial charge in [-0.15, -0.1) is 6.58 Å². The van der Waals surface area contributed by atoms with Gasteiger partial charge < -0.3 is 14.8 Å². The number of alkyl carbamates (subject to hydrolysis) is 1. The molecule has 0 unspecified atom stereocenters. The number of carbonyl (C=O) groups is 2. The van der Waals surface area contributed by atoms with Gasteiger partial charge in [-0.1, -0.05) is 6.08 Å². The fourth-order valence-electron chi connectivity index (χ4n) is 1.07. The molecule has 1 amide bonds. The maximum Gasteiger partial charge on any atom is 0.408 e. The molecule has 98 valence electrons. The highest BCUT2D eigenvalue weighted by molar-refractivity contribution is 5.81. The zero-order chi connectivity index (χ0) is 13.5. The van der Waals surface area contributed by atoms with Crippen molar-refractivity contribution < 1.29 is 19.1 Å². The molecule has 17 heavy (non-hydrogen) atoms. The zero-order valence-electron chi connectivity index (χ0n) is 10.9. The molecule has 1 atom stereocenters. The Hall–Kier alpha value is -1.52. The Bertz CT molecular complexity index is 281. The summed E-state index contributed by atoms with van der Waals surface area (Å²) in [6.07, 6.45) is 1.20. The Labute approximate surface area is 102 Å². The quantitative estimate of drug-likeness (QED) is 0.592. The number of carbonyl (C=O) groups excluding carboxylic acids is 2. The third kappa shape index (κ3) is 7.38. The van der Waals surface area contributed by atoms with Crippen LogP contribution in [0.1, 0.15) is 34.1 Å². The highest BCUT2D eigenvalue weighted by Crippen LogP contribution is 2.07. The average Bonchev–Trinajstić information content (AvgIpc) is 2.14. The number of esters is 1. The van der Waals surface area contributed by atoms with Gasteiger partial charge in [0.05, 0.1) is 6.61 Å². The molecule has 0 radical (unpaired) electrons. The van der Waals surface area contributed by atoms with Crippen molar-refractivity contribution in [2.45, 2.75) is 45.8 Å². The van der Waals surface area contributed by atoms with E-state index in [1.807, 2.05) is 0 Å². The predicted octanol–water partition coefficient (Wildman–Crippen LogP) is 2.02. The van der Waals surface area contributed by atoms with Gasteiger partial charge in [0.25, 0.3) is 0 Å². The first-order valence-corrected chi connectivity index (χ1v) is 5.57. The molecule has 0 rings (SSSR count). The molecule has 0 bridgehead atoms. The second kappa shape index (κ2) is 6.93. The lowest BCUT2D eigenvalue weighted by atomic mass is 10.2. The van der Waals surface area contributed by atoms with Gasteiger partial charge >= 0.3 is 12.1 Å². The second-order valence-electron chi connectivity index (χ2n) is 4.48. The standard InChI is InChI=1S/C12H21NO4/c1-6-8-9(10(14)16-7-2)13-11(15)17-12(3,4)5/h6,9H,1,7-8H2,2-5H3,(H,13,15)/t9-/m0/s1. The van der Waals surface area contributed by atoms with E-state index in [2.05, 4.69) is 11.9 Å². The Morgan fingerprint density at radius 2 is 2.00 bits per heavy atom. The first kappa shape index (κ1) is 15.5. The van der Waals surface area contributed by atoms with Crippen LogP contribution in [0.15, 0.2) is 12.7 Å². The van der Waals surface area contributed by atoms with Gasteiger partial charge in [0.2, 0.25) is 0 Å². The fraction of sp³-hybridized carbons (Fsp3) is 0.667. The lowest BCUT2D eigenvalue weighted by molar-refractivity contribution is -0.145. The van der Waals surface area contributed by atoms with Crippen LogP contribution in [0.2, 0.25) is 0 Å². The van der Waals surface area contributed by atoms with Crippen molar-refractivity contribution in [1.29, 1.82) is 0 Å². The number of nitrogens with one attached hydrogen (secondary N) is 1. The molecule has 0 fully saturated rings. The smallest absolute Gasteiger partial charge is 0.408 e. The summed E-state index contributed by atoms with van der Waals surface area (Å²) in [5, 5.41) is 2.45. The van der Waals surface area contributed by atoms with E-state index in [1.54, 1.807) is 33.8 Å². The summed E-state index contributed by atoms with van der Waals surface area (Å²) in [6, 6.07) is -0.748. The molecular formula is C12H21NO4. The van der Waals surface area contributed by atoms with Gasteiger partial charge in [0, 0.05) is 0 Å². The van der Waals surface area contributed by atoms with E-state index in [9.17, 15) is 9.59 Å². The van der Waals surface area contributed by atoms with Gasteiger partial charge in [-0.2, -0.15) is 0 Å². The van der Waals surface area contributed by atoms with Crippen LogP contribution in [0.5, 0.6) is 0 Å². The lowest BCUT2D eigenvalue weighted by Gasteiger charge is -2.22. The molecule has 1 N–H and O–H groups in total. The highest BCUT2D eigenvalue weighted by atomic mass is 16.6. The van der Waals surface area contributed by atoms with E-state index in [0.717, 1.165) is 0 Å². The molecule has 0 aliphatic carbocycles. The minimum atomic E-state index is -0.748. The van der Waals surface area contributed by atoms with Crippen molar-refractivity contribution in [1.82, 2.24) is 5.32 Å². The summed E-state index contributed by atoms with van der Waals surface area (Å²) in [5.74, 6) is -0.488. The molecule has 0 spiro atoms. The van der Waals surface area contributed by atoms with Crippen molar-refractivity contribution in [3.8, 4) is 0 Å². The summed E-state index contributed by atoms with van der Waals surface area (Å²) in [4.78, 5) is 23.0. The summed E-state index contributed by atoms with van der Waals surface area (Å²) < 4.78 is 9.88. The third-order valence-corrected chi connectivity index (χ3v) is 1.66. The van der Waals surface area contributed by atoms with E-state index in [4.69, 9.17) is 9.47 Å². The third-order valence-electron chi connectivity index (χ3n) is 1.66. The van der Waals surface area contributed by atoms with E-state index in [0.29, 0.717) is 6.42 Å². The van der Waals surface area contributed by atoms with Gasteiger partial charge in [-0.25, -0.2) is 9.59 Å². The van der Waals surface area contributed by atoms with Crippen LogP contribution < -0.4 is 5.32 Å². The molecule has 0 saturated heterocycles. The van der Waals surface area contributed by atoms with E-state index in [-0.39, 0.29) is 6.61 Å². The molecule has 0 aromatic heterocycles. The zero-order valence-corrected chi connectivity index (χ0v) is 10.9. The molecule has 0 aliphatic rings. The normalized spacial score (nSPS) is 12.5. The summed E-state index contributed by atoms with van der Waals surface area (Å²) >= 11 is 0. The van der Waals surface area contributed by atoms with Crippen LogP contribution in [-0.2, 0) is 14.3 Å². The first-order chi connectivity index (χ1) is 7.80. The lowest BCUT2D eigenvalue weighted by Crippen LogP contribution is -2.44. The molecule has 0 aliphatic heterocycles. The summed E-state index contributed by atoms with van der Waals surface area (Å²) in [6.45, 7) is 10.7. The molecule has 0 aromatic carbocycles. The van der Waals surface area contributed by atoms with Gasteiger partial charge in [-0.05, 0) is 34.1 Å². The molecular weight excluding hydrogens is 222 g/mol. The minimum absolute atomic E-state index is 0.266. The van der Waals surface area contributed by atoms with E-state index >= 15 is 0 Å². The van der Waals surface area contributed by atoms with Gasteiger partial charge in [0.15, 0.2) is 0 Å². The van der Waals surface area contributed by atoms with Crippen molar-refractivity contribution in [2.24, 2.45) is 0 Å². The average molecular weight is 243 g/mol. The molecule has 5 nitrogen and oxygen atoms in total. The molecule has 0 heterocycles. The number of ether oxygens (including phenoxy) is 2. The van der Waals surface area contributed by atoms with Crippen LogP contribution in [0.25, 0.3) is 0 Å². The van der Waals surface area contributed by atoms with Crippen LogP contribution >= 0.6 is 0 Å². The Morgan fingerprint density at radius 3 is 2.41 bits per heavy atom. The van der Waals surface area contributed by atoms with Crippen LogP contribution in [0.3, 0.4) is 0 Å². The van der Waals surface area contributed by atoms with Crippen LogP contribution in [-0.4, -0.2) is 30.3 Å². The van der Waals surface area contributed by atoms with Crippen LogP contribution in [0, 0.1) is 0 Å². The van der Waals surface area contributed by atoms with E-state index in [1.165, 1.54) is 0 Å². The molecule has 0 saturated carbocycles. The number of hydrogen-bond acceptors (Lipinski definition) is 4. The number of rotatable bonds is 5. The van der Waals surface area contributed by atoms with Gasteiger partial charge in [-0.3, -0.25) is 0 Å². The number of hydrogen-bond donors (Lipinski definition) is 1. The topological polar surface area (TPSA) is 64.6 Å². The predicted molar refractivity (Wildman–Crippen MR) is 64.6 cm³/mol. The Kier molecular flexibility index (Phi) is 6.31. The maximum absolute atomic E-state index is 11.5. The summed E-state index contributed by atoms with van der Waals surface area (Å²) in [7, 11) is 0. The molecule has 5 heteroatoms. The van der Waals surface area contributed by atoms with Crippen molar-refractivity contribution >= 4 is 12.1 Å². The maximum atomic E-state index is 11.5. The summed E-state index contributed by atoms with van der Waals surface area (Å²) in [5.41, 5.74) is -0.600. The van der Waals surface area contributed by atoms with Crippen molar-refractivity contribution in [2.75, 3.05) is 6.61 Å². The SMILES string of the molecule is C=CC[C@H](NC(=O)OC(C)(C)C)C(=O)OCC. The van der Waals surface area contributed by atoms with Gasteiger partial charge in [0.1, 0.15) is 11.6 Å². The Balaban J connectivity index is 4.39. The first-order valence-electron chi connectivity index (χ1n) is 5.57. The monoisotopic (exact) mass is 243 g/mol. The molecule has 0 aromatic rings. The van der Waals surface area contributed by atoms with Crippen molar-refractivity contribution in [3.05, 3.63) is 12.7 Å². The largest absolute Gasteiger partial charge is 0.464 e. The number of amides is 1. The highest BCUT2D eigenvalue weighted by Gasteiger charge is 2.24. The van der Waals surface area contributed by atoms with Crippen LogP contribution in [0.4, 0.5) is 4.79 Å². The fourth-order valence-corrected chi connectivity index (χ4v) is 1.07. The van der Waals surface area contributed by atoms with E-state index < -0.39 is 23.7 Å². The minimum Gasteiger partial charge on any atom is -0.464 e. The van der Waals surface area contributed by atoms with Crippen molar-refractivity contribution in [3.63, 3.8) is 0 Å².